The van der Waals surface area contributed by atoms with Gasteiger partial charge in [0.15, 0.2) is 0 Å². The maximum absolute atomic E-state index is 12.9. The van der Waals surface area contributed by atoms with E-state index in [2.05, 4.69) is 0 Å². The maximum atomic E-state index is 12.9. The third-order valence-corrected chi connectivity index (χ3v) is 6.34. The first-order chi connectivity index (χ1) is 14.8. The highest BCUT2D eigenvalue weighted by Crippen LogP contribution is 2.35. The molecule has 0 bridgehead atoms. The number of hydrogen-bond donors (Lipinski definition) is 1. The second kappa shape index (κ2) is 10.3. The number of hydrogen-bond acceptors (Lipinski definition) is 5. The quantitative estimate of drug-likeness (QED) is 0.395. The smallest absolute Gasteiger partial charge is 0.326 e. The van der Waals surface area contributed by atoms with Crippen molar-refractivity contribution >= 4 is 57.9 Å². The number of ether oxygens (including phenoxy) is 1. The Kier molecular flexibility index (Phi) is 7.75. The zero-order valence-electron chi connectivity index (χ0n) is 17.1. The van der Waals surface area contributed by atoms with Crippen molar-refractivity contribution in [1.29, 1.82) is 0 Å². The number of thiocarbonyl (C=S) groups is 1. The SMILES string of the molecule is CC(C)CC(C(=O)O)N1C(=O)C(=Cc2ccc(OCc3ccccc3Cl)cc2)SC1=S. The number of nitrogens with zero attached hydrogens (tertiary/aromatic N) is 1. The fraction of sp³-hybridized carbons (Fsp3) is 0.261. The van der Waals surface area contributed by atoms with Gasteiger partial charge >= 0.3 is 5.97 Å². The van der Waals surface area contributed by atoms with E-state index in [0.29, 0.717) is 28.7 Å². The number of carboxylic acids is 1. The van der Waals surface area contributed by atoms with E-state index in [1.54, 1.807) is 6.08 Å². The Bertz CT molecular complexity index is 1020. The lowest BCUT2D eigenvalue weighted by Gasteiger charge is -2.24. The molecule has 8 heteroatoms. The van der Waals surface area contributed by atoms with Crippen molar-refractivity contribution in [2.24, 2.45) is 5.92 Å². The predicted octanol–water partition coefficient (Wildman–Crippen LogP) is 5.62. The zero-order valence-corrected chi connectivity index (χ0v) is 19.5. The Morgan fingerprint density at radius 2 is 1.90 bits per heavy atom. The lowest BCUT2D eigenvalue weighted by Crippen LogP contribution is -2.44. The predicted molar refractivity (Wildman–Crippen MR) is 128 cm³/mol. The minimum atomic E-state index is -1.05. The van der Waals surface area contributed by atoms with Crippen LogP contribution in [0.25, 0.3) is 6.08 Å². The van der Waals surface area contributed by atoms with Gasteiger partial charge in [-0.2, -0.15) is 0 Å². The standard InChI is InChI=1S/C23H22ClNO4S2/c1-14(2)11-19(22(27)28)25-21(26)20(31-23(25)30)12-15-7-9-17(10-8-15)29-13-16-5-3-4-6-18(16)24/h3-10,12,14,19H,11,13H2,1-2H3,(H,27,28). The van der Waals surface area contributed by atoms with E-state index < -0.39 is 12.0 Å². The molecular formula is C23H22ClNO4S2. The van der Waals surface area contributed by atoms with E-state index >= 15 is 0 Å². The van der Waals surface area contributed by atoms with Gasteiger partial charge in [-0.25, -0.2) is 4.79 Å². The van der Waals surface area contributed by atoms with E-state index in [9.17, 15) is 14.7 Å². The number of rotatable bonds is 8. The molecule has 0 saturated carbocycles. The Labute approximate surface area is 196 Å². The Morgan fingerprint density at radius 3 is 2.52 bits per heavy atom. The molecular weight excluding hydrogens is 454 g/mol. The fourth-order valence-electron chi connectivity index (χ4n) is 3.10. The molecule has 1 aliphatic heterocycles. The molecule has 2 aromatic rings. The Morgan fingerprint density at radius 1 is 1.23 bits per heavy atom. The minimum Gasteiger partial charge on any atom is -0.489 e. The topological polar surface area (TPSA) is 66.8 Å². The van der Waals surface area contributed by atoms with Crippen LogP contribution in [0.2, 0.25) is 5.02 Å². The molecule has 0 aliphatic carbocycles. The van der Waals surface area contributed by atoms with Crippen LogP contribution in [0.15, 0.2) is 53.4 Å². The van der Waals surface area contributed by atoms with Crippen molar-refractivity contribution in [3.05, 3.63) is 69.6 Å². The first-order valence-corrected chi connectivity index (χ1v) is 11.3. The summed E-state index contributed by atoms with van der Waals surface area (Å²) in [5, 5.41) is 10.2. The van der Waals surface area contributed by atoms with Crippen LogP contribution < -0.4 is 4.74 Å². The van der Waals surface area contributed by atoms with Crippen LogP contribution in [0, 0.1) is 5.92 Å². The number of carbonyl (C=O) groups is 2. The third-order valence-electron chi connectivity index (χ3n) is 4.64. The molecule has 1 amide bonds. The van der Waals surface area contributed by atoms with Crippen molar-refractivity contribution in [3.63, 3.8) is 0 Å². The van der Waals surface area contributed by atoms with Gasteiger partial charge in [0.2, 0.25) is 0 Å². The molecule has 1 saturated heterocycles. The molecule has 0 aromatic heterocycles. The summed E-state index contributed by atoms with van der Waals surface area (Å²) in [4.78, 5) is 26.2. The Hall–Kier alpha value is -2.35. The fourth-order valence-corrected chi connectivity index (χ4v) is 4.65. The first kappa shape index (κ1) is 23.3. The van der Waals surface area contributed by atoms with Crippen LogP contribution in [0.1, 0.15) is 31.4 Å². The van der Waals surface area contributed by atoms with Crippen molar-refractivity contribution in [1.82, 2.24) is 4.90 Å². The number of halogens is 1. The molecule has 0 spiro atoms. The molecule has 1 N–H and O–H groups in total. The van der Waals surface area contributed by atoms with E-state index in [4.69, 9.17) is 28.6 Å². The average molecular weight is 476 g/mol. The van der Waals surface area contributed by atoms with Crippen LogP contribution in [0.5, 0.6) is 5.75 Å². The van der Waals surface area contributed by atoms with Crippen LogP contribution in [0.3, 0.4) is 0 Å². The minimum absolute atomic E-state index is 0.119. The molecule has 0 radical (unpaired) electrons. The molecule has 31 heavy (non-hydrogen) atoms. The van der Waals surface area contributed by atoms with Crippen LogP contribution in [-0.4, -0.2) is 32.2 Å². The Balaban J connectivity index is 1.70. The van der Waals surface area contributed by atoms with Gasteiger partial charge in [-0.3, -0.25) is 9.69 Å². The van der Waals surface area contributed by atoms with Gasteiger partial charge in [0.05, 0.1) is 4.91 Å². The summed E-state index contributed by atoms with van der Waals surface area (Å²) >= 11 is 12.6. The summed E-state index contributed by atoms with van der Waals surface area (Å²) in [5.74, 6) is -0.631. The maximum Gasteiger partial charge on any atom is 0.326 e. The van der Waals surface area contributed by atoms with Crippen molar-refractivity contribution < 1.29 is 19.4 Å². The normalized spacial score (nSPS) is 16.3. The van der Waals surface area contributed by atoms with Gasteiger partial charge in [0.25, 0.3) is 5.91 Å². The van der Waals surface area contributed by atoms with Crippen LogP contribution in [-0.2, 0) is 16.2 Å². The first-order valence-electron chi connectivity index (χ1n) is 9.72. The molecule has 1 fully saturated rings. The highest BCUT2D eigenvalue weighted by Gasteiger charge is 2.40. The lowest BCUT2D eigenvalue weighted by molar-refractivity contribution is -0.145. The van der Waals surface area contributed by atoms with E-state index in [-0.39, 0.29) is 16.1 Å². The lowest BCUT2D eigenvalue weighted by atomic mass is 10.0. The van der Waals surface area contributed by atoms with Gasteiger partial charge in [0.1, 0.15) is 22.7 Å². The van der Waals surface area contributed by atoms with Gasteiger partial charge in [-0.15, -0.1) is 0 Å². The summed E-state index contributed by atoms with van der Waals surface area (Å²) < 4.78 is 6.04. The van der Waals surface area contributed by atoms with Crippen molar-refractivity contribution in [2.45, 2.75) is 32.9 Å². The number of thioether (sulfide) groups is 1. The average Bonchev–Trinajstić information content (AvgIpc) is 2.99. The molecule has 1 aliphatic rings. The van der Waals surface area contributed by atoms with Crippen molar-refractivity contribution in [2.75, 3.05) is 0 Å². The highest BCUT2D eigenvalue weighted by atomic mass is 35.5. The largest absolute Gasteiger partial charge is 0.489 e. The van der Waals surface area contributed by atoms with Gasteiger partial charge in [-0.1, -0.05) is 79.8 Å². The van der Waals surface area contributed by atoms with Crippen LogP contribution in [0.4, 0.5) is 0 Å². The number of carbonyl (C=O) groups excluding carboxylic acids is 1. The van der Waals surface area contributed by atoms with E-state index in [1.807, 2.05) is 62.4 Å². The number of carboxylic acid groups (broad SMARTS) is 1. The number of benzene rings is 2. The highest BCUT2D eigenvalue weighted by molar-refractivity contribution is 8.26. The van der Waals surface area contributed by atoms with Gasteiger partial charge in [-0.05, 0) is 42.2 Å². The molecule has 162 valence electrons. The second-order valence-electron chi connectivity index (χ2n) is 7.48. The summed E-state index contributed by atoms with van der Waals surface area (Å²) in [6, 6.07) is 13.8. The molecule has 1 atom stereocenters. The molecule has 1 heterocycles. The summed E-state index contributed by atoms with van der Waals surface area (Å²) in [7, 11) is 0. The molecule has 5 nitrogen and oxygen atoms in total. The molecule has 3 rings (SSSR count). The molecule has 1 unspecified atom stereocenters. The van der Waals surface area contributed by atoms with Crippen molar-refractivity contribution in [3.8, 4) is 5.75 Å². The summed E-state index contributed by atoms with van der Waals surface area (Å²) in [6.07, 6.45) is 2.05. The van der Waals surface area contributed by atoms with E-state index in [1.165, 1.54) is 4.90 Å². The molecule has 2 aromatic carbocycles. The monoisotopic (exact) mass is 475 g/mol. The zero-order chi connectivity index (χ0) is 22.5. The van der Waals surface area contributed by atoms with Gasteiger partial charge in [0, 0.05) is 10.6 Å². The number of aliphatic carboxylic acids is 1. The van der Waals surface area contributed by atoms with Gasteiger partial charge < -0.3 is 9.84 Å². The van der Waals surface area contributed by atoms with Crippen LogP contribution >= 0.6 is 35.6 Å². The summed E-state index contributed by atoms with van der Waals surface area (Å²) in [6.45, 7) is 4.18. The number of amides is 1. The second-order valence-corrected chi connectivity index (χ2v) is 9.57. The summed E-state index contributed by atoms with van der Waals surface area (Å²) in [5.41, 5.74) is 1.69. The third kappa shape index (κ3) is 5.87. The van der Waals surface area contributed by atoms with E-state index in [0.717, 1.165) is 22.9 Å².